The lowest BCUT2D eigenvalue weighted by atomic mass is 10.1. The van der Waals surface area contributed by atoms with Crippen molar-refractivity contribution in [2.75, 3.05) is 12.4 Å². The molecule has 1 aromatic carbocycles. The van der Waals surface area contributed by atoms with Crippen LogP contribution in [0.3, 0.4) is 0 Å². The van der Waals surface area contributed by atoms with Crippen LogP contribution >= 0.6 is 0 Å². The lowest BCUT2D eigenvalue weighted by Crippen LogP contribution is -2.22. The maximum absolute atomic E-state index is 12.1. The van der Waals surface area contributed by atoms with Crippen LogP contribution in [0.1, 0.15) is 10.4 Å². The van der Waals surface area contributed by atoms with Gasteiger partial charge in [-0.15, -0.1) is 0 Å². The van der Waals surface area contributed by atoms with Crippen LogP contribution < -0.4 is 4.74 Å². The lowest BCUT2D eigenvalue weighted by Gasteiger charge is -2.07. The monoisotopic (exact) mass is 298 g/mol. The summed E-state index contributed by atoms with van der Waals surface area (Å²) in [6.07, 6.45) is -4.95. The molecule has 0 aliphatic carbocycles. The van der Waals surface area contributed by atoms with E-state index >= 15 is 0 Å². The molecule has 0 radical (unpaired) electrons. The number of ether oxygens (including phenoxy) is 1. The van der Waals surface area contributed by atoms with Crippen molar-refractivity contribution in [3.63, 3.8) is 0 Å². The highest BCUT2D eigenvalue weighted by molar-refractivity contribution is 7.85. The van der Waals surface area contributed by atoms with Crippen molar-refractivity contribution in [2.45, 2.75) is 6.18 Å². The van der Waals surface area contributed by atoms with Gasteiger partial charge >= 0.3 is 6.18 Å². The summed E-state index contributed by atoms with van der Waals surface area (Å²) in [7, 11) is -4.16. The Kier molecular flexibility index (Phi) is 4.53. The Morgan fingerprint density at radius 3 is 2.16 bits per heavy atom. The van der Waals surface area contributed by atoms with E-state index in [1.165, 1.54) is 0 Å². The Morgan fingerprint density at radius 1 is 1.21 bits per heavy atom. The Morgan fingerprint density at radius 2 is 1.74 bits per heavy atom. The zero-order chi connectivity index (χ0) is 14.7. The molecule has 19 heavy (non-hydrogen) atoms. The van der Waals surface area contributed by atoms with Crippen molar-refractivity contribution >= 4 is 15.9 Å². The maximum Gasteiger partial charge on any atom is 0.454 e. The van der Waals surface area contributed by atoms with Gasteiger partial charge in [-0.2, -0.15) is 21.6 Å². The third-order valence-electron chi connectivity index (χ3n) is 1.98. The lowest BCUT2D eigenvalue weighted by molar-refractivity contribution is -0.0885. The van der Waals surface area contributed by atoms with E-state index in [0.29, 0.717) is 0 Å². The molecule has 0 heterocycles. The van der Waals surface area contributed by atoms with Crippen LogP contribution in [0.15, 0.2) is 24.3 Å². The number of Topliss-reactive ketones (excluding diaryl/α,β-unsaturated/α-hetero) is 1. The van der Waals surface area contributed by atoms with Crippen molar-refractivity contribution in [2.24, 2.45) is 0 Å². The molecule has 1 aromatic rings. The summed E-state index contributed by atoms with van der Waals surface area (Å²) in [6.45, 7) is -0.356. The van der Waals surface area contributed by atoms with Crippen LogP contribution in [-0.4, -0.2) is 37.3 Å². The van der Waals surface area contributed by atoms with Gasteiger partial charge in [-0.25, -0.2) is 0 Å². The summed E-state index contributed by atoms with van der Waals surface area (Å²) in [6, 6.07) is 4.03. The minimum Gasteiger partial charge on any atom is -0.492 e. The summed E-state index contributed by atoms with van der Waals surface area (Å²) >= 11 is 0. The third-order valence-corrected chi connectivity index (χ3v) is 2.67. The number of carbonyl (C=O) groups excluding carboxylic acids is 1. The molecule has 0 fully saturated rings. The van der Waals surface area contributed by atoms with E-state index in [9.17, 15) is 26.4 Å². The molecule has 0 aliphatic rings. The van der Waals surface area contributed by atoms with Gasteiger partial charge in [0.05, 0.1) is 0 Å². The first-order chi connectivity index (χ1) is 8.59. The number of alkyl halides is 3. The predicted molar refractivity (Wildman–Crippen MR) is 58.7 cm³/mol. The van der Waals surface area contributed by atoms with Crippen molar-refractivity contribution in [3.8, 4) is 5.75 Å². The number of benzene rings is 1. The second kappa shape index (κ2) is 5.57. The second-order valence-electron chi connectivity index (χ2n) is 3.49. The van der Waals surface area contributed by atoms with Crippen LogP contribution in [0.4, 0.5) is 13.2 Å². The zero-order valence-electron chi connectivity index (χ0n) is 9.35. The first-order valence-electron chi connectivity index (χ1n) is 4.89. The fourth-order valence-electron chi connectivity index (χ4n) is 1.13. The molecule has 0 saturated carbocycles. The Bertz CT molecular complexity index is 548. The molecule has 9 heteroatoms. The summed E-state index contributed by atoms with van der Waals surface area (Å²) in [5.41, 5.74) is -0.547. The fourth-order valence-corrected chi connectivity index (χ4v) is 1.42. The summed E-state index contributed by atoms with van der Waals surface area (Å²) < 4.78 is 70.3. The van der Waals surface area contributed by atoms with Crippen LogP contribution in [0.5, 0.6) is 5.75 Å². The van der Waals surface area contributed by atoms with Gasteiger partial charge in [-0.1, -0.05) is 0 Å². The van der Waals surface area contributed by atoms with E-state index in [1.807, 2.05) is 0 Å². The van der Waals surface area contributed by atoms with Gasteiger partial charge in [0.2, 0.25) is 0 Å². The first-order valence-corrected chi connectivity index (χ1v) is 6.50. The topological polar surface area (TPSA) is 80.7 Å². The average Bonchev–Trinajstić information content (AvgIpc) is 2.26. The Labute approximate surface area is 106 Å². The van der Waals surface area contributed by atoms with E-state index < -0.39 is 33.4 Å². The predicted octanol–water partition coefficient (Wildman–Crippen LogP) is 1.70. The SMILES string of the molecule is O=C(c1ccc(OCCS(=O)(=O)O)cc1)C(F)(F)F. The van der Waals surface area contributed by atoms with Crippen molar-refractivity contribution in [1.29, 1.82) is 0 Å². The molecule has 1 rings (SSSR count). The van der Waals surface area contributed by atoms with E-state index in [1.54, 1.807) is 0 Å². The average molecular weight is 298 g/mol. The normalized spacial score (nSPS) is 12.2. The maximum atomic E-state index is 12.1. The van der Waals surface area contributed by atoms with Gasteiger partial charge in [0.15, 0.2) is 0 Å². The highest BCUT2D eigenvalue weighted by Gasteiger charge is 2.39. The summed E-state index contributed by atoms with van der Waals surface area (Å²) in [5, 5.41) is 0. The number of ketones is 1. The molecule has 0 aliphatic heterocycles. The molecule has 106 valence electrons. The fraction of sp³-hybridized carbons (Fsp3) is 0.300. The van der Waals surface area contributed by atoms with E-state index in [4.69, 9.17) is 9.29 Å². The molecule has 0 amide bonds. The molecule has 0 spiro atoms. The smallest absolute Gasteiger partial charge is 0.454 e. The van der Waals surface area contributed by atoms with Crippen LogP contribution in [-0.2, 0) is 10.1 Å². The second-order valence-corrected chi connectivity index (χ2v) is 5.06. The van der Waals surface area contributed by atoms with Gasteiger partial charge in [-0.05, 0) is 24.3 Å². The number of halogens is 3. The Hall–Kier alpha value is -1.61. The molecule has 0 atom stereocenters. The standard InChI is InChI=1S/C10H9F3O5S/c11-10(12,13)9(14)7-1-3-8(4-2-7)18-5-6-19(15,16)17/h1-4H,5-6H2,(H,15,16,17). The minimum atomic E-state index is -4.95. The summed E-state index contributed by atoms with van der Waals surface area (Å²) in [5.74, 6) is -2.53. The Balaban J connectivity index is 2.65. The minimum absolute atomic E-state index is 0.0855. The molecular weight excluding hydrogens is 289 g/mol. The number of rotatable bonds is 5. The van der Waals surface area contributed by atoms with E-state index in [2.05, 4.69) is 0 Å². The summed E-state index contributed by atoms with van der Waals surface area (Å²) in [4.78, 5) is 10.8. The van der Waals surface area contributed by atoms with Gasteiger partial charge < -0.3 is 4.74 Å². The molecule has 1 N–H and O–H groups in total. The van der Waals surface area contributed by atoms with Crippen LogP contribution in [0.2, 0.25) is 0 Å². The largest absolute Gasteiger partial charge is 0.492 e. The zero-order valence-corrected chi connectivity index (χ0v) is 10.2. The van der Waals surface area contributed by atoms with E-state index in [0.717, 1.165) is 24.3 Å². The molecule has 0 unspecified atom stereocenters. The van der Waals surface area contributed by atoms with Gasteiger partial charge in [0.25, 0.3) is 15.9 Å². The van der Waals surface area contributed by atoms with Crippen LogP contribution in [0, 0.1) is 0 Å². The molecule has 0 bridgehead atoms. The third kappa shape index (κ3) is 5.26. The quantitative estimate of drug-likeness (QED) is 0.661. The first kappa shape index (κ1) is 15.4. The molecular formula is C10H9F3O5S. The van der Waals surface area contributed by atoms with Crippen LogP contribution in [0.25, 0.3) is 0 Å². The van der Waals surface area contributed by atoms with Gasteiger partial charge in [0, 0.05) is 5.56 Å². The van der Waals surface area contributed by atoms with Crippen molar-refractivity contribution < 1.29 is 35.7 Å². The van der Waals surface area contributed by atoms with Crippen molar-refractivity contribution in [1.82, 2.24) is 0 Å². The van der Waals surface area contributed by atoms with Crippen molar-refractivity contribution in [3.05, 3.63) is 29.8 Å². The molecule has 5 nitrogen and oxygen atoms in total. The molecule has 0 saturated heterocycles. The number of carbonyl (C=O) groups is 1. The van der Waals surface area contributed by atoms with E-state index in [-0.39, 0.29) is 12.4 Å². The molecule has 0 aromatic heterocycles. The highest BCUT2D eigenvalue weighted by atomic mass is 32.2. The highest BCUT2D eigenvalue weighted by Crippen LogP contribution is 2.22. The van der Waals surface area contributed by atoms with Gasteiger partial charge in [-0.3, -0.25) is 9.35 Å². The number of hydrogen-bond acceptors (Lipinski definition) is 4. The number of hydrogen-bond donors (Lipinski definition) is 1. The van der Waals surface area contributed by atoms with Gasteiger partial charge in [0.1, 0.15) is 18.1 Å².